The summed E-state index contributed by atoms with van der Waals surface area (Å²) in [6, 6.07) is 10.6. The zero-order valence-electron chi connectivity index (χ0n) is 14.1. The molecule has 132 valence electrons. The minimum atomic E-state index is -0.299. The van der Waals surface area contributed by atoms with Gasteiger partial charge in [0.1, 0.15) is 6.54 Å². The van der Waals surface area contributed by atoms with Crippen LogP contribution in [0.25, 0.3) is 11.3 Å². The molecule has 5 nitrogen and oxygen atoms in total. The van der Waals surface area contributed by atoms with E-state index in [4.69, 9.17) is 11.6 Å². The van der Waals surface area contributed by atoms with E-state index in [1.165, 1.54) is 23.6 Å². The first-order valence-electron chi connectivity index (χ1n) is 8.76. The van der Waals surface area contributed by atoms with Gasteiger partial charge in [-0.3, -0.25) is 9.59 Å². The molecule has 0 saturated heterocycles. The first kappa shape index (κ1) is 17.7. The predicted octanol–water partition coefficient (Wildman–Crippen LogP) is 3.40. The topological polar surface area (TPSA) is 64.0 Å². The molecule has 1 fully saturated rings. The lowest BCUT2D eigenvalue weighted by atomic mass is 10.1. The minimum absolute atomic E-state index is 0.0758. The smallest absolute Gasteiger partial charge is 0.267 e. The maximum atomic E-state index is 12.3. The number of halogens is 1. The van der Waals surface area contributed by atoms with Gasteiger partial charge < -0.3 is 5.32 Å². The number of nitrogens with zero attached hydrogens (tertiary/aromatic N) is 2. The van der Waals surface area contributed by atoms with Gasteiger partial charge in [0.25, 0.3) is 5.56 Å². The van der Waals surface area contributed by atoms with Crippen molar-refractivity contribution in [2.45, 2.75) is 51.1 Å². The van der Waals surface area contributed by atoms with Crippen LogP contribution in [0.15, 0.2) is 41.2 Å². The maximum absolute atomic E-state index is 12.3. The molecule has 0 spiro atoms. The predicted molar refractivity (Wildman–Crippen MR) is 98.6 cm³/mol. The summed E-state index contributed by atoms with van der Waals surface area (Å²) in [5.41, 5.74) is 1.02. The van der Waals surface area contributed by atoms with Crippen molar-refractivity contribution in [2.75, 3.05) is 0 Å². The Labute approximate surface area is 152 Å². The number of amides is 1. The summed E-state index contributed by atoms with van der Waals surface area (Å²) in [7, 11) is 0. The van der Waals surface area contributed by atoms with Crippen molar-refractivity contribution in [3.05, 3.63) is 51.8 Å². The molecule has 2 aromatic rings. The van der Waals surface area contributed by atoms with Gasteiger partial charge in [-0.15, -0.1) is 0 Å². The van der Waals surface area contributed by atoms with E-state index < -0.39 is 0 Å². The third-order valence-electron chi connectivity index (χ3n) is 4.53. The quantitative estimate of drug-likeness (QED) is 0.851. The van der Waals surface area contributed by atoms with E-state index in [0.717, 1.165) is 31.2 Å². The number of hydrogen-bond acceptors (Lipinski definition) is 3. The van der Waals surface area contributed by atoms with Crippen LogP contribution in [0, 0.1) is 0 Å². The molecule has 3 rings (SSSR count). The Hall–Kier alpha value is -2.14. The molecular formula is C19H22ClN3O2. The van der Waals surface area contributed by atoms with Gasteiger partial charge in [-0.25, -0.2) is 4.68 Å². The lowest BCUT2D eigenvalue weighted by molar-refractivity contribution is -0.122. The summed E-state index contributed by atoms with van der Waals surface area (Å²) in [4.78, 5) is 24.4. The van der Waals surface area contributed by atoms with Gasteiger partial charge in [0, 0.05) is 17.7 Å². The van der Waals surface area contributed by atoms with Gasteiger partial charge >= 0.3 is 0 Å². The molecule has 0 aliphatic heterocycles. The summed E-state index contributed by atoms with van der Waals surface area (Å²) in [5, 5.41) is 7.91. The molecule has 0 atom stereocenters. The van der Waals surface area contributed by atoms with Crippen LogP contribution in [0.2, 0.25) is 5.02 Å². The molecule has 0 radical (unpaired) electrons. The second-order valence-electron chi connectivity index (χ2n) is 6.45. The fourth-order valence-electron chi connectivity index (χ4n) is 3.21. The summed E-state index contributed by atoms with van der Waals surface area (Å²) >= 11 is 6.19. The zero-order valence-corrected chi connectivity index (χ0v) is 14.8. The summed E-state index contributed by atoms with van der Waals surface area (Å²) in [6.07, 6.45) is 6.76. The Morgan fingerprint density at radius 2 is 1.84 bits per heavy atom. The highest BCUT2D eigenvalue weighted by Crippen LogP contribution is 2.24. The second-order valence-corrected chi connectivity index (χ2v) is 6.86. The molecule has 1 aliphatic carbocycles. The molecule has 6 heteroatoms. The van der Waals surface area contributed by atoms with E-state index in [0.29, 0.717) is 10.7 Å². The van der Waals surface area contributed by atoms with E-state index in [2.05, 4.69) is 10.4 Å². The van der Waals surface area contributed by atoms with Crippen molar-refractivity contribution in [2.24, 2.45) is 0 Å². The summed E-state index contributed by atoms with van der Waals surface area (Å²) < 4.78 is 1.20. The van der Waals surface area contributed by atoms with Gasteiger partial charge in [0.2, 0.25) is 5.91 Å². The van der Waals surface area contributed by atoms with Crippen LogP contribution < -0.4 is 10.9 Å². The first-order chi connectivity index (χ1) is 12.1. The molecular weight excluding hydrogens is 338 g/mol. The van der Waals surface area contributed by atoms with Crippen LogP contribution in [0.4, 0.5) is 0 Å². The lowest BCUT2D eigenvalue weighted by Gasteiger charge is -2.16. The van der Waals surface area contributed by atoms with E-state index in [1.807, 2.05) is 18.2 Å². The van der Waals surface area contributed by atoms with Gasteiger partial charge in [0.15, 0.2) is 0 Å². The Kier molecular flexibility index (Phi) is 5.87. The van der Waals surface area contributed by atoms with Crippen LogP contribution in [0.5, 0.6) is 0 Å². The molecule has 25 heavy (non-hydrogen) atoms. The van der Waals surface area contributed by atoms with Crippen LogP contribution in [0.1, 0.15) is 38.5 Å². The molecule has 1 aliphatic rings. The van der Waals surface area contributed by atoms with Crippen LogP contribution in [0.3, 0.4) is 0 Å². The third-order valence-corrected chi connectivity index (χ3v) is 4.86. The molecule has 1 heterocycles. The largest absolute Gasteiger partial charge is 0.352 e. The molecule has 0 unspecified atom stereocenters. The highest BCUT2D eigenvalue weighted by Gasteiger charge is 2.16. The van der Waals surface area contributed by atoms with Crippen LogP contribution in [-0.4, -0.2) is 21.7 Å². The molecule has 1 aromatic heterocycles. The standard InChI is InChI=1S/C19H22ClN3O2/c20-16-10-6-5-9-15(16)17-11-12-19(25)23(22-17)13-18(24)21-14-7-3-1-2-4-8-14/h5-6,9-12,14H,1-4,7-8,13H2,(H,21,24). The Balaban J connectivity index is 1.73. The fraction of sp³-hybridized carbons (Fsp3) is 0.421. The number of benzene rings is 1. The Morgan fingerprint density at radius 1 is 1.12 bits per heavy atom. The molecule has 1 aromatic carbocycles. The zero-order chi connectivity index (χ0) is 17.6. The average molecular weight is 360 g/mol. The number of hydrogen-bond donors (Lipinski definition) is 1. The van der Waals surface area contributed by atoms with E-state index in [-0.39, 0.29) is 24.1 Å². The van der Waals surface area contributed by atoms with Crippen molar-refractivity contribution >= 4 is 17.5 Å². The minimum Gasteiger partial charge on any atom is -0.352 e. The number of rotatable bonds is 4. The molecule has 1 saturated carbocycles. The van der Waals surface area contributed by atoms with Crippen molar-refractivity contribution in [1.29, 1.82) is 0 Å². The number of carbonyl (C=O) groups is 1. The highest BCUT2D eigenvalue weighted by atomic mass is 35.5. The monoisotopic (exact) mass is 359 g/mol. The number of carbonyl (C=O) groups excluding carboxylic acids is 1. The average Bonchev–Trinajstić information content (AvgIpc) is 2.86. The van der Waals surface area contributed by atoms with Crippen LogP contribution in [-0.2, 0) is 11.3 Å². The molecule has 1 amide bonds. The van der Waals surface area contributed by atoms with Crippen molar-refractivity contribution < 1.29 is 4.79 Å². The highest BCUT2D eigenvalue weighted by molar-refractivity contribution is 6.33. The van der Waals surface area contributed by atoms with Crippen molar-refractivity contribution in [1.82, 2.24) is 15.1 Å². The van der Waals surface area contributed by atoms with Crippen molar-refractivity contribution in [3.63, 3.8) is 0 Å². The maximum Gasteiger partial charge on any atom is 0.267 e. The lowest BCUT2D eigenvalue weighted by Crippen LogP contribution is -2.39. The van der Waals surface area contributed by atoms with E-state index in [1.54, 1.807) is 12.1 Å². The van der Waals surface area contributed by atoms with E-state index in [9.17, 15) is 9.59 Å². The second kappa shape index (κ2) is 8.30. The molecule has 0 bridgehead atoms. The van der Waals surface area contributed by atoms with Gasteiger partial charge in [-0.2, -0.15) is 5.10 Å². The van der Waals surface area contributed by atoms with Crippen molar-refractivity contribution in [3.8, 4) is 11.3 Å². The number of aromatic nitrogens is 2. The third kappa shape index (κ3) is 4.69. The summed E-state index contributed by atoms with van der Waals surface area (Å²) in [6.45, 7) is -0.0758. The van der Waals surface area contributed by atoms with Crippen LogP contribution >= 0.6 is 11.6 Å². The molecule has 1 N–H and O–H groups in total. The van der Waals surface area contributed by atoms with E-state index >= 15 is 0 Å². The Morgan fingerprint density at radius 3 is 2.56 bits per heavy atom. The Bertz CT molecular complexity index is 795. The first-order valence-corrected chi connectivity index (χ1v) is 9.14. The van der Waals surface area contributed by atoms with Gasteiger partial charge in [-0.05, 0) is 25.0 Å². The SMILES string of the molecule is O=C(Cn1nc(-c2ccccc2Cl)ccc1=O)NC1CCCCCC1. The normalized spacial score (nSPS) is 15.6. The van der Waals surface area contributed by atoms with Gasteiger partial charge in [-0.1, -0.05) is 55.5 Å². The fourth-order valence-corrected chi connectivity index (χ4v) is 3.44. The number of nitrogens with one attached hydrogen (secondary N) is 1. The summed E-state index contributed by atoms with van der Waals surface area (Å²) in [5.74, 6) is -0.169. The van der Waals surface area contributed by atoms with Gasteiger partial charge in [0.05, 0.1) is 10.7 Å².